The minimum Gasteiger partial charge on any atom is -0.311 e. The van der Waals surface area contributed by atoms with Gasteiger partial charge in [-0.3, -0.25) is 0 Å². The number of rotatable bonds is 4. The van der Waals surface area contributed by atoms with Crippen molar-refractivity contribution < 1.29 is 18.4 Å². The molecule has 0 radical (unpaired) electrons. The molecular formula is C24H17Cl2F2N3O2. The third kappa shape index (κ3) is 4.89. The van der Waals surface area contributed by atoms with Crippen molar-refractivity contribution >= 4 is 40.7 Å². The molecule has 0 fully saturated rings. The van der Waals surface area contributed by atoms with Gasteiger partial charge in [0, 0.05) is 22.6 Å². The van der Waals surface area contributed by atoms with Crippen molar-refractivity contribution in [1.29, 1.82) is 0 Å². The number of benzene rings is 3. The van der Waals surface area contributed by atoms with Crippen molar-refractivity contribution in [3.63, 3.8) is 0 Å². The van der Waals surface area contributed by atoms with E-state index in [0.29, 0.717) is 33.3 Å². The molecule has 1 unspecified atom stereocenters. The van der Waals surface area contributed by atoms with E-state index in [2.05, 4.69) is 10.3 Å². The first-order valence-corrected chi connectivity index (χ1v) is 10.7. The number of hydrogen-bond acceptors (Lipinski definition) is 4. The Kier molecular flexibility index (Phi) is 6.72. The Morgan fingerprint density at radius 1 is 1.06 bits per heavy atom. The molecule has 0 amide bonds. The summed E-state index contributed by atoms with van der Waals surface area (Å²) in [5.74, 6) is -1.92. The van der Waals surface area contributed by atoms with Crippen LogP contribution in [0.3, 0.4) is 0 Å². The van der Waals surface area contributed by atoms with Crippen LogP contribution in [-0.2, 0) is 4.84 Å². The fourth-order valence-electron chi connectivity index (χ4n) is 3.51. The maximum Gasteiger partial charge on any atom is 0.368 e. The largest absolute Gasteiger partial charge is 0.368 e. The smallest absolute Gasteiger partial charge is 0.311 e. The van der Waals surface area contributed by atoms with Crippen LogP contribution in [0, 0.1) is 11.6 Å². The Morgan fingerprint density at radius 2 is 1.76 bits per heavy atom. The van der Waals surface area contributed by atoms with Gasteiger partial charge in [-0.2, -0.15) is 5.10 Å². The van der Waals surface area contributed by atoms with E-state index >= 15 is 0 Å². The zero-order valence-electron chi connectivity index (χ0n) is 17.3. The molecule has 0 spiro atoms. The van der Waals surface area contributed by atoms with Crippen LogP contribution in [0.15, 0.2) is 77.0 Å². The summed E-state index contributed by atoms with van der Waals surface area (Å²) in [6, 6.07) is 16.2. The predicted octanol–water partition coefficient (Wildman–Crippen LogP) is 6.61. The Morgan fingerprint density at radius 3 is 2.45 bits per heavy atom. The van der Waals surface area contributed by atoms with Gasteiger partial charge in [0.05, 0.1) is 22.3 Å². The van der Waals surface area contributed by atoms with E-state index < -0.39 is 23.6 Å². The fourth-order valence-corrected chi connectivity index (χ4v) is 4.03. The second-order valence-corrected chi connectivity index (χ2v) is 8.10. The fraction of sp³-hybridized carbons (Fsp3) is 0.125. The van der Waals surface area contributed by atoms with Gasteiger partial charge in [0.25, 0.3) is 0 Å². The van der Waals surface area contributed by atoms with Gasteiger partial charge in [-0.15, -0.1) is 0 Å². The summed E-state index contributed by atoms with van der Waals surface area (Å²) in [5.41, 5.74) is 1.36. The van der Waals surface area contributed by atoms with Crippen molar-refractivity contribution in [2.24, 2.45) is 10.3 Å². The standard InChI is InChI=1S/C24H17Cl2F2N3O2/c1-14(30-33-24(32)18-7-3-5-9-21(18)28)31-23(17-6-2-4-8-20(17)27)13-22(29-31)16-11-10-15(25)12-19(16)26/h2-12,23H,13H2,1H3/b30-14-. The van der Waals surface area contributed by atoms with E-state index in [1.807, 2.05) is 0 Å². The van der Waals surface area contributed by atoms with Crippen LogP contribution >= 0.6 is 23.2 Å². The van der Waals surface area contributed by atoms with Crippen LogP contribution in [-0.4, -0.2) is 22.5 Å². The Bertz CT molecular complexity index is 1280. The molecule has 0 bridgehead atoms. The van der Waals surface area contributed by atoms with E-state index in [4.69, 9.17) is 28.0 Å². The molecule has 5 nitrogen and oxygen atoms in total. The summed E-state index contributed by atoms with van der Waals surface area (Å²) >= 11 is 12.4. The van der Waals surface area contributed by atoms with Gasteiger partial charge < -0.3 is 4.84 Å². The van der Waals surface area contributed by atoms with Crippen molar-refractivity contribution in [3.8, 4) is 0 Å². The highest BCUT2D eigenvalue weighted by Gasteiger charge is 2.33. The van der Waals surface area contributed by atoms with Crippen molar-refractivity contribution in [3.05, 3.63) is 105 Å². The minimum absolute atomic E-state index is 0.174. The van der Waals surface area contributed by atoms with E-state index in [1.54, 1.807) is 43.3 Å². The first-order valence-electron chi connectivity index (χ1n) is 9.92. The van der Waals surface area contributed by atoms with E-state index in [0.717, 1.165) is 6.07 Å². The molecule has 33 heavy (non-hydrogen) atoms. The lowest BCUT2D eigenvalue weighted by Crippen LogP contribution is -2.26. The Hall–Kier alpha value is -3.29. The third-order valence-corrected chi connectivity index (χ3v) is 5.65. The van der Waals surface area contributed by atoms with Gasteiger partial charge >= 0.3 is 5.97 Å². The maximum atomic E-state index is 14.6. The second kappa shape index (κ2) is 9.68. The first kappa shape index (κ1) is 22.9. The van der Waals surface area contributed by atoms with Crippen LogP contribution < -0.4 is 0 Å². The zero-order valence-corrected chi connectivity index (χ0v) is 18.8. The summed E-state index contributed by atoms with van der Waals surface area (Å²) in [5, 5.41) is 10.7. The number of oxime groups is 1. The van der Waals surface area contributed by atoms with Gasteiger partial charge in [0.15, 0.2) is 5.84 Å². The molecule has 0 aromatic heterocycles. The number of halogens is 4. The monoisotopic (exact) mass is 487 g/mol. The zero-order chi connectivity index (χ0) is 23.5. The lowest BCUT2D eigenvalue weighted by molar-refractivity contribution is 0.0502. The molecule has 3 aromatic carbocycles. The van der Waals surface area contributed by atoms with Crippen molar-refractivity contribution in [2.75, 3.05) is 0 Å². The van der Waals surface area contributed by atoms with Gasteiger partial charge in [0.2, 0.25) is 0 Å². The molecule has 0 N–H and O–H groups in total. The van der Waals surface area contributed by atoms with E-state index in [-0.39, 0.29) is 11.4 Å². The maximum absolute atomic E-state index is 14.6. The van der Waals surface area contributed by atoms with Crippen molar-refractivity contribution in [2.45, 2.75) is 19.4 Å². The topological polar surface area (TPSA) is 54.3 Å². The summed E-state index contributed by atoms with van der Waals surface area (Å²) in [6.07, 6.45) is 0.316. The van der Waals surface area contributed by atoms with Crippen LogP contribution in [0.25, 0.3) is 0 Å². The predicted molar refractivity (Wildman–Crippen MR) is 124 cm³/mol. The highest BCUT2D eigenvalue weighted by Crippen LogP contribution is 2.36. The van der Waals surface area contributed by atoms with Crippen LogP contribution in [0.4, 0.5) is 8.78 Å². The lowest BCUT2D eigenvalue weighted by Gasteiger charge is -2.23. The normalized spacial score (nSPS) is 16.0. The highest BCUT2D eigenvalue weighted by molar-refractivity contribution is 6.37. The number of hydrogen-bond donors (Lipinski definition) is 0. The average Bonchev–Trinajstić information content (AvgIpc) is 3.23. The quantitative estimate of drug-likeness (QED) is 0.180. The third-order valence-electron chi connectivity index (χ3n) is 5.10. The van der Waals surface area contributed by atoms with E-state index in [9.17, 15) is 13.6 Å². The van der Waals surface area contributed by atoms with Gasteiger partial charge in [0.1, 0.15) is 11.6 Å². The number of nitrogens with zero attached hydrogens (tertiary/aromatic N) is 3. The molecule has 0 saturated heterocycles. The van der Waals surface area contributed by atoms with Crippen LogP contribution in [0.1, 0.15) is 40.9 Å². The molecule has 4 rings (SSSR count). The molecule has 0 aliphatic carbocycles. The molecule has 168 valence electrons. The van der Waals surface area contributed by atoms with Crippen LogP contribution in [0.2, 0.25) is 10.0 Å². The lowest BCUT2D eigenvalue weighted by atomic mass is 9.98. The number of amidine groups is 1. The average molecular weight is 488 g/mol. The minimum atomic E-state index is -0.959. The van der Waals surface area contributed by atoms with Gasteiger partial charge in [-0.1, -0.05) is 64.8 Å². The molecule has 1 atom stereocenters. The Balaban J connectivity index is 1.67. The molecule has 0 saturated carbocycles. The highest BCUT2D eigenvalue weighted by atomic mass is 35.5. The molecule has 1 heterocycles. The van der Waals surface area contributed by atoms with Gasteiger partial charge in [-0.25, -0.2) is 18.6 Å². The number of hydrazone groups is 1. The molecule has 1 aliphatic rings. The molecule has 3 aromatic rings. The van der Waals surface area contributed by atoms with E-state index in [1.165, 1.54) is 29.3 Å². The van der Waals surface area contributed by atoms with Gasteiger partial charge in [-0.05, 0) is 37.3 Å². The van der Waals surface area contributed by atoms with Crippen molar-refractivity contribution in [1.82, 2.24) is 5.01 Å². The second-order valence-electron chi connectivity index (χ2n) is 7.25. The molecule has 1 aliphatic heterocycles. The number of carbonyl (C=O) groups is 1. The SMILES string of the molecule is C/C(=N/OC(=O)c1ccccc1F)N1N=C(c2ccc(Cl)cc2Cl)CC1c1ccccc1F. The summed E-state index contributed by atoms with van der Waals surface area (Å²) in [4.78, 5) is 17.2. The van der Waals surface area contributed by atoms with Crippen LogP contribution in [0.5, 0.6) is 0 Å². The molecule has 9 heteroatoms. The number of carbonyl (C=O) groups excluding carboxylic acids is 1. The Labute approximate surface area is 198 Å². The summed E-state index contributed by atoms with van der Waals surface area (Å²) in [6.45, 7) is 1.55. The summed E-state index contributed by atoms with van der Waals surface area (Å²) < 4.78 is 28.5. The first-order chi connectivity index (χ1) is 15.8. The summed E-state index contributed by atoms with van der Waals surface area (Å²) in [7, 11) is 0. The molecular weight excluding hydrogens is 471 g/mol.